The van der Waals surface area contributed by atoms with Crippen LogP contribution in [0.5, 0.6) is 11.5 Å². The first kappa shape index (κ1) is 15.8. The Morgan fingerprint density at radius 3 is 2.81 bits per heavy atom. The predicted octanol–water partition coefficient (Wildman–Crippen LogP) is 3.45. The second-order valence-electron chi connectivity index (χ2n) is 5.44. The number of carbonyl (C=O) groups excluding carboxylic acids is 1. The number of H-pyrrole nitrogens is 1. The maximum atomic E-state index is 13.1. The van der Waals surface area contributed by atoms with E-state index in [1.54, 1.807) is 31.3 Å². The van der Waals surface area contributed by atoms with Crippen molar-refractivity contribution in [3.05, 3.63) is 52.4 Å². The van der Waals surface area contributed by atoms with Gasteiger partial charge in [0.05, 0.1) is 11.0 Å². The summed E-state index contributed by atoms with van der Waals surface area (Å²) in [6.07, 6.45) is -3.69. The molecule has 130 valence electrons. The van der Waals surface area contributed by atoms with Gasteiger partial charge in [-0.3, -0.25) is 10.1 Å². The number of carbonyl (C=O) groups is 1. The monoisotopic (exact) mass is 357 g/mol. The third-order valence-corrected chi connectivity index (χ3v) is 3.60. The lowest BCUT2D eigenvalue weighted by atomic mass is 10.1. The Bertz CT molecular complexity index is 1050. The minimum absolute atomic E-state index is 0.105. The zero-order chi connectivity index (χ0) is 18.3. The molecule has 2 N–H and O–H groups in total. The summed E-state index contributed by atoms with van der Waals surface area (Å²) in [5.41, 5.74) is 1.82. The Balaban J connectivity index is 1.59. The van der Waals surface area contributed by atoms with Gasteiger partial charge in [0.2, 0.25) is 5.95 Å². The van der Waals surface area contributed by atoms with E-state index in [9.17, 15) is 13.6 Å². The number of aromatic nitrogens is 2. The molecule has 0 unspecified atom stereocenters. The predicted molar refractivity (Wildman–Crippen MR) is 89.0 cm³/mol. The molecule has 0 bridgehead atoms. The lowest BCUT2D eigenvalue weighted by molar-refractivity contribution is -0.286. The summed E-state index contributed by atoms with van der Waals surface area (Å²) in [6, 6.07) is 12.1. The summed E-state index contributed by atoms with van der Waals surface area (Å²) >= 11 is 0. The van der Waals surface area contributed by atoms with E-state index in [1.165, 1.54) is 12.1 Å². The van der Waals surface area contributed by atoms with E-state index in [2.05, 4.69) is 35.7 Å². The topological polar surface area (TPSA) is 80.6 Å². The highest BCUT2D eigenvalue weighted by molar-refractivity contribution is 6.04. The molecule has 0 aliphatic carbocycles. The van der Waals surface area contributed by atoms with E-state index in [1.807, 2.05) is 0 Å². The average molecular weight is 357 g/mol. The molecule has 0 saturated heterocycles. The van der Waals surface area contributed by atoms with Crippen molar-refractivity contribution >= 4 is 22.9 Å². The van der Waals surface area contributed by atoms with E-state index >= 15 is 0 Å². The highest BCUT2D eigenvalue weighted by Gasteiger charge is 2.43. The standard InChI is InChI=1S/C17H10F2N4O3/c1-20-8-9-3-2-4-10(5-9)15(24)23-16-21-11-6-13-14(7-12(11)22-16)26-17(18,19)25-13/h2-7H,1H3,(H-,21,22,23,24)/p+1. The fourth-order valence-corrected chi connectivity index (χ4v) is 2.55. The first-order chi connectivity index (χ1) is 12.4. The van der Waals surface area contributed by atoms with Gasteiger partial charge in [0.15, 0.2) is 11.5 Å². The maximum absolute atomic E-state index is 13.1. The van der Waals surface area contributed by atoms with Crippen molar-refractivity contribution in [2.75, 3.05) is 12.4 Å². The zero-order valence-electron chi connectivity index (χ0n) is 13.3. The summed E-state index contributed by atoms with van der Waals surface area (Å²) in [6.45, 7) is 0. The van der Waals surface area contributed by atoms with E-state index in [4.69, 9.17) is 0 Å². The third-order valence-electron chi connectivity index (χ3n) is 3.60. The van der Waals surface area contributed by atoms with Crippen LogP contribution in [0.4, 0.5) is 14.7 Å². The average Bonchev–Trinajstić information content (AvgIpc) is 3.09. The summed E-state index contributed by atoms with van der Waals surface area (Å²) in [4.78, 5) is 23.1. The van der Waals surface area contributed by atoms with Gasteiger partial charge in [-0.1, -0.05) is 10.9 Å². The minimum Gasteiger partial charge on any atom is -0.395 e. The second-order valence-corrected chi connectivity index (χ2v) is 5.44. The van der Waals surface area contributed by atoms with E-state index in [0.717, 1.165) is 0 Å². The lowest BCUT2D eigenvalue weighted by Crippen LogP contribution is -2.25. The van der Waals surface area contributed by atoms with Crippen molar-refractivity contribution in [2.24, 2.45) is 0 Å². The minimum atomic E-state index is -3.69. The molecule has 0 saturated carbocycles. The number of fused-ring (bicyclic) bond motifs is 2. The van der Waals surface area contributed by atoms with Gasteiger partial charge in [0.25, 0.3) is 13.0 Å². The first-order valence-corrected chi connectivity index (χ1v) is 7.49. The molecule has 1 amide bonds. The van der Waals surface area contributed by atoms with Crippen LogP contribution in [0.2, 0.25) is 0 Å². The molecule has 2 aromatic carbocycles. The fourth-order valence-electron chi connectivity index (χ4n) is 2.55. The van der Waals surface area contributed by atoms with Crippen molar-refractivity contribution in [3.8, 4) is 17.6 Å². The molecule has 26 heavy (non-hydrogen) atoms. The number of alkyl halides is 2. The van der Waals surface area contributed by atoms with Crippen molar-refractivity contribution in [3.63, 3.8) is 0 Å². The molecule has 2 heterocycles. The SMILES string of the molecule is C[N+]#Cc1cccc(C(=O)Nc2nc3cc4c(cc3[nH]2)OC(F)(F)O4)c1. The number of halogens is 2. The van der Waals surface area contributed by atoms with E-state index < -0.39 is 12.2 Å². The van der Waals surface area contributed by atoms with Gasteiger partial charge < -0.3 is 14.5 Å². The number of rotatable bonds is 2. The highest BCUT2D eigenvalue weighted by Crippen LogP contribution is 2.42. The first-order valence-electron chi connectivity index (χ1n) is 7.49. The number of anilines is 1. The van der Waals surface area contributed by atoms with Gasteiger partial charge in [0, 0.05) is 17.7 Å². The molecular formula is C17H11F2N4O3+. The van der Waals surface area contributed by atoms with Gasteiger partial charge in [-0.2, -0.15) is 0 Å². The Labute approximate surface area is 145 Å². The lowest BCUT2D eigenvalue weighted by Gasteiger charge is -2.04. The summed E-state index contributed by atoms with van der Waals surface area (Å²) in [5, 5.41) is 2.61. The molecule has 0 fully saturated rings. The number of hydrogen-bond donors (Lipinski definition) is 2. The van der Waals surface area contributed by atoms with Crippen LogP contribution in [0.25, 0.3) is 15.9 Å². The second kappa shape index (κ2) is 5.70. The molecular weight excluding hydrogens is 346 g/mol. The number of aromatic amines is 1. The van der Waals surface area contributed by atoms with Gasteiger partial charge in [-0.25, -0.2) is 4.98 Å². The number of nitrogens with zero attached hydrogens (tertiary/aromatic N) is 2. The van der Waals surface area contributed by atoms with Gasteiger partial charge in [-0.15, -0.1) is 8.78 Å². The molecule has 7 nitrogen and oxygen atoms in total. The number of amides is 1. The smallest absolute Gasteiger partial charge is 0.395 e. The number of imidazole rings is 1. The van der Waals surface area contributed by atoms with Crippen LogP contribution in [0.15, 0.2) is 36.4 Å². The van der Waals surface area contributed by atoms with Crippen LogP contribution < -0.4 is 14.8 Å². The van der Waals surface area contributed by atoms with Gasteiger partial charge in [0.1, 0.15) is 5.56 Å². The molecule has 0 atom stereocenters. The fraction of sp³-hybridized carbons (Fsp3) is 0.118. The van der Waals surface area contributed by atoms with Crippen molar-refractivity contribution in [1.82, 2.24) is 9.97 Å². The van der Waals surface area contributed by atoms with Crippen LogP contribution in [0, 0.1) is 6.07 Å². The van der Waals surface area contributed by atoms with Crippen LogP contribution in [0.1, 0.15) is 15.9 Å². The van der Waals surface area contributed by atoms with E-state index in [0.29, 0.717) is 22.2 Å². The van der Waals surface area contributed by atoms with Crippen molar-refractivity contribution < 1.29 is 23.0 Å². The number of nitrogens with one attached hydrogen (secondary N) is 2. The Morgan fingerprint density at radius 2 is 2.04 bits per heavy atom. The molecule has 1 aromatic heterocycles. The zero-order valence-corrected chi connectivity index (χ0v) is 13.3. The normalized spacial score (nSPS) is 14.0. The Hall–Kier alpha value is -3.67. The van der Waals surface area contributed by atoms with Crippen LogP contribution in [0.3, 0.4) is 0 Å². The van der Waals surface area contributed by atoms with Gasteiger partial charge in [-0.05, 0) is 18.2 Å². The molecule has 0 radical (unpaired) electrons. The summed E-state index contributed by atoms with van der Waals surface area (Å²) in [5.74, 6) is -0.450. The largest absolute Gasteiger partial charge is 0.586 e. The van der Waals surface area contributed by atoms with Crippen molar-refractivity contribution in [1.29, 1.82) is 0 Å². The van der Waals surface area contributed by atoms with Crippen LogP contribution in [-0.2, 0) is 0 Å². The van der Waals surface area contributed by atoms with E-state index in [-0.39, 0.29) is 17.4 Å². The molecule has 1 aliphatic rings. The quantitative estimate of drug-likeness (QED) is 0.736. The third kappa shape index (κ3) is 2.88. The van der Waals surface area contributed by atoms with Crippen LogP contribution >= 0.6 is 0 Å². The highest BCUT2D eigenvalue weighted by atomic mass is 19.3. The molecule has 1 aliphatic heterocycles. The van der Waals surface area contributed by atoms with Crippen LogP contribution in [-0.4, -0.2) is 29.2 Å². The summed E-state index contributed by atoms with van der Waals surface area (Å²) in [7, 11) is 1.59. The number of benzene rings is 2. The number of hydrogen-bond acceptors (Lipinski definition) is 4. The van der Waals surface area contributed by atoms with Gasteiger partial charge >= 0.3 is 12.4 Å². The Morgan fingerprint density at radius 1 is 1.27 bits per heavy atom. The molecule has 9 heteroatoms. The Kier molecular flexibility index (Phi) is 3.47. The molecule has 3 aromatic rings. The molecule has 4 rings (SSSR count). The summed E-state index contributed by atoms with van der Waals surface area (Å²) < 4.78 is 34.9. The maximum Gasteiger partial charge on any atom is 0.586 e. The number of ether oxygens (including phenoxy) is 2. The molecule has 0 spiro atoms. The van der Waals surface area contributed by atoms with Crippen molar-refractivity contribution in [2.45, 2.75) is 6.29 Å².